The van der Waals surface area contributed by atoms with Crippen LogP contribution in [0.4, 0.5) is 10.5 Å². The van der Waals surface area contributed by atoms with Gasteiger partial charge >= 0.3 is 6.03 Å². The maximum absolute atomic E-state index is 10.7. The number of hydrogen-bond acceptors (Lipinski definition) is 2. The van der Waals surface area contributed by atoms with Gasteiger partial charge in [-0.25, -0.2) is 4.79 Å². The Hall–Kier alpha value is -1.16. The van der Waals surface area contributed by atoms with E-state index in [1.165, 1.54) is 0 Å². The van der Waals surface area contributed by atoms with Crippen LogP contribution in [-0.4, -0.2) is 6.03 Å². The van der Waals surface area contributed by atoms with Gasteiger partial charge in [0.1, 0.15) is 0 Å². The van der Waals surface area contributed by atoms with Crippen LogP contribution in [0.15, 0.2) is 30.3 Å². The van der Waals surface area contributed by atoms with Crippen LogP contribution in [0, 0.1) is 0 Å². The van der Waals surface area contributed by atoms with E-state index in [1.54, 1.807) is 12.1 Å². The molecule has 4 heteroatoms. The fourth-order valence-corrected chi connectivity index (χ4v) is 0.736. The third-order valence-electron chi connectivity index (χ3n) is 1.13. The first kappa shape index (κ1) is 7.94. The van der Waals surface area contributed by atoms with Crippen molar-refractivity contribution in [2.45, 2.75) is 0 Å². The van der Waals surface area contributed by atoms with Gasteiger partial charge in [0.25, 0.3) is 0 Å². The van der Waals surface area contributed by atoms with Gasteiger partial charge < -0.3 is 5.32 Å². The molecular weight excluding hydrogens is 160 g/mol. The third-order valence-corrected chi connectivity index (χ3v) is 1.34. The van der Waals surface area contributed by atoms with Crippen molar-refractivity contribution in [2.75, 3.05) is 5.32 Å². The molecule has 0 fully saturated rings. The zero-order valence-corrected chi connectivity index (χ0v) is 6.64. The van der Waals surface area contributed by atoms with Crippen LogP contribution in [-0.2, 0) is 0 Å². The lowest BCUT2D eigenvalue weighted by atomic mass is 10.3. The van der Waals surface area contributed by atoms with Crippen molar-refractivity contribution in [1.82, 2.24) is 4.72 Å². The van der Waals surface area contributed by atoms with Crippen LogP contribution < -0.4 is 10.0 Å². The van der Waals surface area contributed by atoms with Gasteiger partial charge in [0, 0.05) is 5.69 Å². The zero-order chi connectivity index (χ0) is 8.10. The lowest BCUT2D eigenvalue weighted by Gasteiger charge is -2.01. The van der Waals surface area contributed by atoms with E-state index in [9.17, 15) is 4.79 Å². The summed E-state index contributed by atoms with van der Waals surface area (Å²) in [6, 6.07) is 8.82. The lowest BCUT2D eigenvalue weighted by molar-refractivity contribution is 0.257. The van der Waals surface area contributed by atoms with Crippen molar-refractivity contribution in [1.29, 1.82) is 0 Å². The standard InChI is InChI=1S/C7H8N2OS/c10-7(9-11)8-6-4-2-1-3-5-6/h1-5,11H,(H2,8,9,10). The summed E-state index contributed by atoms with van der Waals surface area (Å²) in [6.07, 6.45) is 0. The predicted octanol–water partition coefficient (Wildman–Crippen LogP) is 1.65. The Bertz CT molecular complexity index is 237. The zero-order valence-electron chi connectivity index (χ0n) is 5.74. The average molecular weight is 168 g/mol. The molecule has 58 valence electrons. The summed E-state index contributed by atoms with van der Waals surface area (Å²) in [5.41, 5.74) is 0.749. The molecule has 0 bridgehead atoms. The highest BCUT2D eigenvalue weighted by molar-refractivity contribution is 7.78. The highest BCUT2D eigenvalue weighted by Gasteiger charge is 1.95. The first-order valence-electron chi connectivity index (χ1n) is 3.09. The molecule has 0 aliphatic carbocycles. The fourth-order valence-electron chi connectivity index (χ4n) is 0.681. The molecule has 3 nitrogen and oxygen atoms in total. The quantitative estimate of drug-likeness (QED) is 0.548. The molecular formula is C7H8N2OS. The molecule has 0 saturated carbocycles. The maximum atomic E-state index is 10.7. The highest BCUT2D eigenvalue weighted by atomic mass is 32.1. The maximum Gasteiger partial charge on any atom is 0.329 e. The first-order valence-corrected chi connectivity index (χ1v) is 3.54. The number of urea groups is 1. The van der Waals surface area contributed by atoms with Gasteiger partial charge in [-0.3, -0.25) is 4.72 Å². The summed E-state index contributed by atoms with van der Waals surface area (Å²) in [5.74, 6) is 0. The van der Waals surface area contributed by atoms with Gasteiger partial charge in [0.2, 0.25) is 0 Å². The number of thiol groups is 1. The monoisotopic (exact) mass is 168 g/mol. The van der Waals surface area contributed by atoms with Gasteiger partial charge in [-0.2, -0.15) is 0 Å². The fraction of sp³-hybridized carbons (Fsp3) is 0. The molecule has 0 heterocycles. The summed E-state index contributed by atoms with van der Waals surface area (Å²) in [6.45, 7) is 0. The third kappa shape index (κ3) is 2.51. The molecule has 1 aromatic rings. The second-order valence-electron chi connectivity index (χ2n) is 1.93. The van der Waals surface area contributed by atoms with E-state index < -0.39 is 0 Å². The minimum Gasteiger partial charge on any atom is -0.307 e. The molecule has 1 rings (SSSR count). The number of anilines is 1. The van der Waals surface area contributed by atoms with E-state index >= 15 is 0 Å². The Morgan fingerprint density at radius 3 is 2.45 bits per heavy atom. The van der Waals surface area contributed by atoms with Crippen molar-refractivity contribution in [3.05, 3.63) is 30.3 Å². The number of benzene rings is 1. The van der Waals surface area contributed by atoms with Crippen LogP contribution >= 0.6 is 12.8 Å². The molecule has 2 N–H and O–H groups in total. The summed E-state index contributed by atoms with van der Waals surface area (Å²) in [4.78, 5) is 10.7. The molecule has 0 spiro atoms. The molecule has 0 unspecified atom stereocenters. The van der Waals surface area contributed by atoms with Crippen LogP contribution in [0.25, 0.3) is 0 Å². The largest absolute Gasteiger partial charge is 0.329 e. The second-order valence-corrected chi connectivity index (χ2v) is 2.16. The minimum absolute atomic E-state index is 0.334. The Labute approximate surface area is 70.3 Å². The number of nitrogens with one attached hydrogen (secondary N) is 2. The number of para-hydroxylation sites is 1. The number of rotatable bonds is 1. The Kier molecular flexibility index (Phi) is 2.80. The van der Waals surface area contributed by atoms with Crippen LogP contribution in [0.2, 0.25) is 0 Å². The van der Waals surface area contributed by atoms with Crippen molar-refractivity contribution in [3.8, 4) is 0 Å². The van der Waals surface area contributed by atoms with Gasteiger partial charge in [0.05, 0.1) is 0 Å². The van der Waals surface area contributed by atoms with Gasteiger partial charge in [-0.05, 0) is 12.1 Å². The van der Waals surface area contributed by atoms with Crippen LogP contribution in [0.5, 0.6) is 0 Å². The normalized spacial score (nSPS) is 8.82. The Balaban J connectivity index is 2.58. The van der Waals surface area contributed by atoms with E-state index in [4.69, 9.17) is 0 Å². The van der Waals surface area contributed by atoms with E-state index in [0.29, 0.717) is 0 Å². The summed E-state index contributed by atoms with van der Waals surface area (Å²) in [7, 11) is 0. The molecule has 0 aliphatic heterocycles. The predicted molar refractivity (Wildman–Crippen MR) is 47.6 cm³/mol. The number of carbonyl (C=O) groups is 1. The van der Waals surface area contributed by atoms with Crippen molar-refractivity contribution in [2.24, 2.45) is 0 Å². The van der Waals surface area contributed by atoms with E-state index in [0.717, 1.165) is 5.69 Å². The van der Waals surface area contributed by atoms with Gasteiger partial charge in [-0.15, -0.1) is 0 Å². The Morgan fingerprint density at radius 1 is 1.27 bits per heavy atom. The lowest BCUT2D eigenvalue weighted by Crippen LogP contribution is -2.20. The number of carbonyl (C=O) groups excluding carboxylic acids is 1. The molecule has 2 amide bonds. The highest BCUT2D eigenvalue weighted by Crippen LogP contribution is 2.03. The molecule has 1 aromatic carbocycles. The molecule has 0 saturated heterocycles. The van der Waals surface area contributed by atoms with Crippen molar-refractivity contribution >= 4 is 24.5 Å². The van der Waals surface area contributed by atoms with Crippen molar-refractivity contribution in [3.63, 3.8) is 0 Å². The van der Waals surface area contributed by atoms with Crippen LogP contribution in [0.3, 0.4) is 0 Å². The number of hydrogen-bond donors (Lipinski definition) is 3. The number of amides is 2. The minimum atomic E-state index is -0.334. The van der Waals surface area contributed by atoms with Crippen LogP contribution in [0.1, 0.15) is 0 Å². The molecule has 0 atom stereocenters. The summed E-state index contributed by atoms with van der Waals surface area (Å²) in [5, 5.41) is 2.57. The van der Waals surface area contributed by atoms with Gasteiger partial charge in [0.15, 0.2) is 0 Å². The molecule has 0 aliphatic rings. The topological polar surface area (TPSA) is 41.1 Å². The summed E-state index contributed by atoms with van der Waals surface area (Å²) >= 11 is 3.58. The summed E-state index contributed by atoms with van der Waals surface area (Å²) < 4.78 is 2.16. The SMILES string of the molecule is O=C(NS)Nc1ccccc1. The van der Waals surface area contributed by atoms with E-state index in [1.807, 2.05) is 18.2 Å². The Morgan fingerprint density at radius 2 is 1.91 bits per heavy atom. The van der Waals surface area contributed by atoms with E-state index in [-0.39, 0.29) is 6.03 Å². The second kappa shape index (κ2) is 3.88. The van der Waals surface area contributed by atoms with Crippen molar-refractivity contribution < 1.29 is 4.79 Å². The van der Waals surface area contributed by atoms with E-state index in [2.05, 4.69) is 22.9 Å². The molecule has 0 radical (unpaired) electrons. The smallest absolute Gasteiger partial charge is 0.307 e. The molecule has 11 heavy (non-hydrogen) atoms. The van der Waals surface area contributed by atoms with Gasteiger partial charge in [-0.1, -0.05) is 31.0 Å². The first-order chi connectivity index (χ1) is 5.33. The average Bonchev–Trinajstić information content (AvgIpc) is 2.06. The molecule has 0 aromatic heterocycles.